The highest BCUT2D eigenvalue weighted by molar-refractivity contribution is 5.83. The first-order valence-corrected chi connectivity index (χ1v) is 5.21. The SMILES string of the molecule is CC(C)c1ccc(-n2nnnc2C(=O)O)cc1. The molecule has 1 aromatic heterocycles. The van der Waals surface area contributed by atoms with E-state index >= 15 is 0 Å². The van der Waals surface area contributed by atoms with Gasteiger partial charge in [-0.3, -0.25) is 0 Å². The van der Waals surface area contributed by atoms with Crippen molar-refractivity contribution in [1.29, 1.82) is 0 Å². The largest absolute Gasteiger partial charge is 0.475 e. The third-order valence-electron chi connectivity index (χ3n) is 2.47. The van der Waals surface area contributed by atoms with Crippen molar-refractivity contribution in [2.24, 2.45) is 0 Å². The normalized spacial score (nSPS) is 10.8. The summed E-state index contributed by atoms with van der Waals surface area (Å²) in [7, 11) is 0. The van der Waals surface area contributed by atoms with E-state index < -0.39 is 5.97 Å². The Morgan fingerprint density at radius 2 is 1.94 bits per heavy atom. The Hall–Kier alpha value is -2.24. The molecule has 0 amide bonds. The van der Waals surface area contributed by atoms with Crippen molar-refractivity contribution in [3.05, 3.63) is 35.7 Å². The second kappa shape index (κ2) is 4.32. The van der Waals surface area contributed by atoms with E-state index in [1.807, 2.05) is 12.1 Å². The summed E-state index contributed by atoms with van der Waals surface area (Å²) >= 11 is 0. The summed E-state index contributed by atoms with van der Waals surface area (Å²) in [5.41, 5.74) is 1.82. The molecule has 0 atom stereocenters. The molecule has 0 aliphatic carbocycles. The van der Waals surface area contributed by atoms with Crippen LogP contribution in [0.4, 0.5) is 0 Å². The Bertz CT molecular complexity index is 531. The summed E-state index contributed by atoms with van der Waals surface area (Å²) in [6, 6.07) is 7.48. The summed E-state index contributed by atoms with van der Waals surface area (Å²) in [6.45, 7) is 4.18. The van der Waals surface area contributed by atoms with Crippen molar-refractivity contribution in [3.63, 3.8) is 0 Å². The number of hydrogen-bond donors (Lipinski definition) is 1. The van der Waals surface area contributed by atoms with Gasteiger partial charge in [-0.1, -0.05) is 26.0 Å². The van der Waals surface area contributed by atoms with Gasteiger partial charge in [0.25, 0.3) is 5.82 Å². The van der Waals surface area contributed by atoms with Gasteiger partial charge in [-0.05, 0) is 34.0 Å². The highest BCUT2D eigenvalue weighted by Gasteiger charge is 2.15. The minimum atomic E-state index is -1.15. The quantitative estimate of drug-likeness (QED) is 0.866. The molecular weight excluding hydrogens is 220 g/mol. The predicted octanol–water partition coefficient (Wildman–Crippen LogP) is 1.48. The molecule has 2 rings (SSSR count). The van der Waals surface area contributed by atoms with E-state index in [0.717, 1.165) is 0 Å². The van der Waals surface area contributed by atoms with E-state index in [1.54, 1.807) is 12.1 Å². The molecule has 0 unspecified atom stereocenters. The zero-order valence-electron chi connectivity index (χ0n) is 9.53. The van der Waals surface area contributed by atoms with Crippen LogP contribution >= 0.6 is 0 Å². The number of carboxylic acids is 1. The maximum atomic E-state index is 10.9. The number of aromatic carboxylic acids is 1. The van der Waals surface area contributed by atoms with Crippen molar-refractivity contribution in [2.45, 2.75) is 19.8 Å². The summed E-state index contributed by atoms with van der Waals surface area (Å²) in [5, 5.41) is 19.4. The van der Waals surface area contributed by atoms with Crippen molar-refractivity contribution >= 4 is 5.97 Å². The molecule has 0 saturated heterocycles. The summed E-state index contributed by atoms with van der Waals surface area (Å²) in [5.74, 6) is -0.915. The molecule has 1 N–H and O–H groups in total. The predicted molar refractivity (Wildman–Crippen MR) is 60.2 cm³/mol. The van der Waals surface area contributed by atoms with Gasteiger partial charge in [-0.15, -0.1) is 5.10 Å². The first kappa shape index (κ1) is 11.3. The topological polar surface area (TPSA) is 80.9 Å². The molecule has 0 fully saturated rings. The van der Waals surface area contributed by atoms with Crippen LogP contribution in [0.3, 0.4) is 0 Å². The van der Waals surface area contributed by atoms with Gasteiger partial charge >= 0.3 is 5.97 Å². The first-order valence-electron chi connectivity index (χ1n) is 5.21. The highest BCUT2D eigenvalue weighted by Crippen LogP contribution is 2.16. The Kier molecular flexibility index (Phi) is 2.86. The fraction of sp³-hybridized carbons (Fsp3) is 0.273. The molecule has 0 radical (unpaired) electrons. The van der Waals surface area contributed by atoms with Gasteiger partial charge in [-0.25, -0.2) is 4.79 Å². The third kappa shape index (κ3) is 2.15. The van der Waals surface area contributed by atoms with Crippen LogP contribution in [0.25, 0.3) is 5.69 Å². The van der Waals surface area contributed by atoms with Crippen LogP contribution in [0.5, 0.6) is 0 Å². The number of hydrogen-bond acceptors (Lipinski definition) is 4. The number of rotatable bonds is 3. The maximum Gasteiger partial charge on any atom is 0.376 e. The zero-order valence-corrected chi connectivity index (χ0v) is 9.53. The third-order valence-corrected chi connectivity index (χ3v) is 2.47. The molecule has 6 nitrogen and oxygen atoms in total. The van der Waals surface area contributed by atoms with Gasteiger partial charge in [0, 0.05) is 0 Å². The molecule has 0 spiro atoms. The number of aromatic nitrogens is 4. The Labute approximate surface area is 97.9 Å². The lowest BCUT2D eigenvalue weighted by molar-refractivity contribution is 0.0680. The second-order valence-corrected chi connectivity index (χ2v) is 3.97. The minimum Gasteiger partial charge on any atom is -0.475 e. The van der Waals surface area contributed by atoms with Gasteiger partial charge in [0.05, 0.1) is 5.69 Å². The van der Waals surface area contributed by atoms with Gasteiger partial charge < -0.3 is 5.11 Å². The molecule has 1 heterocycles. The van der Waals surface area contributed by atoms with Crippen molar-refractivity contribution in [2.75, 3.05) is 0 Å². The Morgan fingerprint density at radius 3 is 2.47 bits per heavy atom. The standard InChI is InChI=1S/C11H12N4O2/c1-7(2)8-3-5-9(6-4-8)15-10(11(16)17)12-13-14-15/h3-7H,1-2H3,(H,16,17). The molecule has 88 valence electrons. The minimum absolute atomic E-state index is 0.192. The molecule has 1 aromatic carbocycles. The molecule has 0 aliphatic rings. The van der Waals surface area contributed by atoms with Crippen LogP contribution in [0.2, 0.25) is 0 Å². The lowest BCUT2D eigenvalue weighted by Gasteiger charge is -2.06. The molecule has 0 bridgehead atoms. The average Bonchev–Trinajstić information content (AvgIpc) is 2.78. The Morgan fingerprint density at radius 1 is 1.29 bits per heavy atom. The number of carboxylic acid groups (broad SMARTS) is 1. The number of tetrazole rings is 1. The van der Waals surface area contributed by atoms with Crippen molar-refractivity contribution in [1.82, 2.24) is 20.2 Å². The summed E-state index contributed by atoms with van der Waals surface area (Å²) in [6.07, 6.45) is 0. The lowest BCUT2D eigenvalue weighted by Crippen LogP contribution is -2.09. The van der Waals surface area contributed by atoms with E-state index in [9.17, 15) is 4.79 Å². The molecule has 17 heavy (non-hydrogen) atoms. The monoisotopic (exact) mass is 232 g/mol. The number of benzene rings is 1. The van der Waals surface area contributed by atoms with Crippen LogP contribution < -0.4 is 0 Å². The maximum absolute atomic E-state index is 10.9. The van der Waals surface area contributed by atoms with E-state index in [0.29, 0.717) is 11.6 Å². The fourth-order valence-electron chi connectivity index (χ4n) is 1.49. The van der Waals surface area contributed by atoms with Gasteiger partial charge in [-0.2, -0.15) is 4.68 Å². The lowest BCUT2D eigenvalue weighted by atomic mass is 10.0. The Balaban J connectivity index is 2.40. The fourth-order valence-corrected chi connectivity index (χ4v) is 1.49. The van der Waals surface area contributed by atoms with E-state index in [1.165, 1.54) is 10.2 Å². The van der Waals surface area contributed by atoms with Crippen molar-refractivity contribution < 1.29 is 9.90 Å². The van der Waals surface area contributed by atoms with Crippen LogP contribution in [-0.4, -0.2) is 31.3 Å². The first-order chi connectivity index (χ1) is 8.09. The summed E-state index contributed by atoms with van der Waals surface area (Å²) < 4.78 is 1.20. The van der Waals surface area contributed by atoms with Crippen LogP contribution in [0.1, 0.15) is 35.9 Å². The van der Waals surface area contributed by atoms with Crippen LogP contribution in [0, 0.1) is 0 Å². The van der Waals surface area contributed by atoms with Crippen LogP contribution in [0.15, 0.2) is 24.3 Å². The molecule has 0 saturated carbocycles. The molecule has 6 heteroatoms. The summed E-state index contributed by atoms with van der Waals surface area (Å²) in [4.78, 5) is 10.9. The van der Waals surface area contributed by atoms with Gasteiger partial charge in [0.15, 0.2) is 0 Å². The number of nitrogens with zero attached hydrogens (tertiary/aromatic N) is 4. The molecule has 0 aliphatic heterocycles. The van der Waals surface area contributed by atoms with Crippen molar-refractivity contribution in [3.8, 4) is 5.69 Å². The second-order valence-electron chi connectivity index (χ2n) is 3.97. The number of carbonyl (C=O) groups is 1. The van der Waals surface area contributed by atoms with E-state index in [2.05, 4.69) is 29.4 Å². The molecular formula is C11H12N4O2. The highest BCUT2D eigenvalue weighted by atomic mass is 16.4. The smallest absolute Gasteiger partial charge is 0.376 e. The molecule has 2 aromatic rings. The van der Waals surface area contributed by atoms with E-state index in [-0.39, 0.29) is 5.82 Å². The van der Waals surface area contributed by atoms with Gasteiger partial charge in [0.2, 0.25) is 0 Å². The zero-order chi connectivity index (χ0) is 12.4. The van der Waals surface area contributed by atoms with Gasteiger partial charge in [0.1, 0.15) is 0 Å². The van der Waals surface area contributed by atoms with Crippen LogP contribution in [-0.2, 0) is 0 Å². The van der Waals surface area contributed by atoms with E-state index in [4.69, 9.17) is 5.11 Å². The average molecular weight is 232 g/mol.